The molecular formula is C23H28O7. The largest absolute Gasteiger partial charge is 0.481 e. The standard InChI is InChI=1S/C23H28O7/c24-18(23-29-14-15-7-5-6-9-21(15)30-23)12-11-17-16(19(25)13-20(17)26)8-3-1-2-4-10-22(27)28/h1,3,5-7,9,11-12,16-18,20,23-24,26H,2,4,8,10,13-14H2,(H,27,28)/b3-1-,12-11+/t16-,17-,18+,20-,23+/m1/s1. The maximum absolute atomic E-state index is 12.3. The Morgan fingerprint density at radius 2 is 2.07 bits per heavy atom. The number of allylic oxidation sites excluding steroid dienone is 2. The summed E-state index contributed by atoms with van der Waals surface area (Å²) in [6, 6.07) is 7.46. The van der Waals surface area contributed by atoms with E-state index < -0.39 is 30.4 Å². The molecule has 0 aromatic heterocycles. The number of benzene rings is 1. The van der Waals surface area contributed by atoms with Crippen LogP contribution in [0.1, 0.15) is 37.7 Å². The minimum Gasteiger partial charge on any atom is -0.481 e. The Hall–Kier alpha value is -2.48. The van der Waals surface area contributed by atoms with Gasteiger partial charge in [-0.2, -0.15) is 0 Å². The zero-order chi connectivity index (χ0) is 21.5. The maximum atomic E-state index is 12.3. The van der Waals surface area contributed by atoms with Crippen LogP contribution in [0.25, 0.3) is 0 Å². The highest BCUT2D eigenvalue weighted by molar-refractivity contribution is 5.84. The van der Waals surface area contributed by atoms with Crippen molar-refractivity contribution in [1.29, 1.82) is 0 Å². The molecule has 0 spiro atoms. The molecule has 1 aliphatic carbocycles. The van der Waals surface area contributed by atoms with Crippen molar-refractivity contribution in [3.05, 3.63) is 54.1 Å². The van der Waals surface area contributed by atoms with Gasteiger partial charge in [0.25, 0.3) is 0 Å². The lowest BCUT2D eigenvalue weighted by molar-refractivity contribution is -0.152. The third kappa shape index (κ3) is 5.78. The van der Waals surface area contributed by atoms with Gasteiger partial charge in [0.15, 0.2) is 0 Å². The summed E-state index contributed by atoms with van der Waals surface area (Å²) < 4.78 is 11.3. The van der Waals surface area contributed by atoms with Gasteiger partial charge in [-0.3, -0.25) is 9.59 Å². The van der Waals surface area contributed by atoms with E-state index in [1.165, 1.54) is 6.08 Å². The average Bonchev–Trinajstić information content (AvgIpc) is 3.00. The lowest BCUT2D eigenvalue weighted by Gasteiger charge is -2.28. The minimum absolute atomic E-state index is 0.0130. The number of carbonyl (C=O) groups is 2. The zero-order valence-corrected chi connectivity index (χ0v) is 16.7. The first-order chi connectivity index (χ1) is 14.5. The van der Waals surface area contributed by atoms with Crippen LogP contribution < -0.4 is 4.74 Å². The van der Waals surface area contributed by atoms with Gasteiger partial charge in [0.1, 0.15) is 17.6 Å². The number of fused-ring (bicyclic) bond motifs is 1. The second kappa shape index (κ2) is 10.5. The fourth-order valence-electron chi connectivity index (χ4n) is 3.83. The SMILES string of the molecule is O=C(O)CCC/C=C\C[C@H]1C(=O)C[C@@H](O)[C@@H]1/C=C/[C@H](O)[C@H]1OCc2ccccc2O1. The quantitative estimate of drug-likeness (QED) is 0.419. The Kier molecular flexibility index (Phi) is 7.79. The van der Waals surface area contributed by atoms with Crippen LogP contribution in [0.5, 0.6) is 5.75 Å². The van der Waals surface area contributed by atoms with E-state index in [-0.39, 0.29) is 24.5 Å². The summed E-state index contributed by atoms with van der Waals surface area (Å²) in [6.07, 6.45) is 6.12. The second-order valence-electron chi connectivity index (χ2n) is 7.70. The van der Waals surface area contributed by atoms with Crippen LogP contribution in [0.15, 0.2) is 48.6 Å². The van der Waals surface area contributed by atoms with Gasteiger partial charge in [-0.1, -0.05) is 42.5 Å². The molecule has 1 aliphatic heterocycles. The molecule has 5 atom stereocenters. The van der Waals surface area contributed by atoms with Crippen molar-refractivity contribution in [2.45, 2.75) is 57.2 Å². The summed E-state index contributed by atoms with van der Waals surface area (Å²) in [5.74, 6) is -0.931. The van der Waals surface area contributed by atoms with Crippen LogP contribution >= 0.6 is 0 Å². The van der Waals surface area contributed by atoms with Crippen molar-refractivity contribution >= 4 is 11.8 Å². The molecule has 0 bridgehead atoms. The molecule has 162 valence electrons. The molecular weight excluding hydrogens is 388 g/mol. The number of carbonyl (C=O) groups excluding carboxylic acids is 1. The summed E-state index contributed by atoms with van der Waals surface area (Å²) in [6.45, 7) is 0.339. The van der Waals surface area contributed by atoms with E-state index in [0.29, 0.717) is 31.6 Å². The van der Waals surface area contributed by atoms with Gasteiger partial charge in [-0.15, -0.1) is 0 Å². The topological polar surface area (TPSA) is 113 Å². The first-order valence-electron chi connectivity index (χ1n) is 10.3. The Morgan fingerprint density at radius 3 is 2.87 bits per heavy atom. The first-order valence-corrected chi connectivity index (χ1v) is 10.3. The number of ketones is 1. The molecule has 0 amide bonds. The number of rotatable bonds is 9. The van der Waals surface area contributed by atoms with Gasteiger partial charge in [0, 0.05) is 30.2 Å². The van der Waals surface area contributed by atoms with Crippen LogP contribution in [0.3, 0.4) is 0 Å². The average molecular weight is 416 g/mol. The summed E-state index contributed by atoms with van der Waals surface area (Å²) in [7, 11) is 0. The van der Waals surface area contributed by atoms with E-state index in [2.05, 4.69) is 0 Å². The van der Waals surface area contributed by atoms with E-state index in [9.17, 15) is 19.8 Å². The normalized spacial score (nSPS) is 27.3. The number of aliphatic carboxylic acids is 1. The van der Waals surface area contributed by atoms with Gasteiger partial charge >= 0.3 is 5.97 Å². The van der Waals surface area contributed by atoms with Crippen LogP contribution in [0, 0.1) is 11.8 Å². The molecule has 1 saturated carbocycles. The van der Waals surface area contributed by atoms with E-state index in [0.717, 1.165) is 5.56 Å². The van der Waals surface area contributed by atoms with Crippen molar-refractivity contribution in [1.82, 2.24) is 0 Å². The van der Waals surface area contributed by atoms with Gasteiger partial charge < -0.3 is 24.8 Å². The highest BCUT2D eigenvalue weighted by Crippen LogP contribution is 2.34. The molecule has 2 aliphatic rings. The zero-order valence-electron chi connectivity index (χ0n) is 16.7. The van der Waals surface area contributed by atoms with Crippen LogP contribution in [0.2, 0.25) is 0 Å². The minimum atomic E-state index is -1.03. The van der Waals surface area contributed by atoms with Crippen molar-refractivity contribution < 1.29 is 34.4 Å². The number of aliphatic hydroxyl groups excluding tert-OH is 2. The first kappa shape index (κ1) is 22.2. The molecule has 0 unspecified atom stereocenters. The Morgan fingerprint density at radius 1 is 1.27 bits per heavy atom. The molecule has 3 N–H and O–H groups in total. The third-order valence-corrected chi connectivity index (χ3v) is 5.48. The van der Waals surface area contributed by atoms with E-state index in [1.54, 1.807) is 6.08 Å². The number of aliphatic hydroxyl groups is 2. The fourth-order valence-corrected chi connectivity index (χ4v) is 3.83. The number of ether oxygens (including phenoxy) is 2. The Bertz CT molecular complexity index is 800. The molecule has 1 heterocycles. The van der Waals surface area contributed by atoms with Crippen LogP contribution in [-0.2, 0) is 20.9 Å². The van der Waals surface area contributed by atoms with Crippen molar-refractivity contribution in [2.75, 3.05) is 0 Å². The predicted molar refractivity (Wildman–Crippen MR) is 109 cm³/mol. The third-order valence-electron chi connectivity index (χ3n) is 5.48. The molecule has 1 aromatic carbocycles. The van der Waals surface area contributed by atoms with E-state index in [4.69, 9.17) is 14.6 Å². The van der Waals surface area contributed by atoms with Gasteiger partial charge in [-0.25, -0.2) is 0 Å². The molecule has 1 aromatic rings. The van der Waals surface area contributed by atoms with Crippen LogP contribution in [-0.4, -0.2) is 45.6 Å². The van der Waals surface area contributed by atoms with Gasteiger partial charge in [0.2, 0.25) is 6.29 Å². The van der Waals surface area contributed by atoms with Gasteiger partial charge in [-0.05, 0) is 25.3 Å². The summed E-state index contributed by atoms with van der Waals surface area (Å²) in [5, 5.41) is 29.4. The van der Waals surface area contributed by atoms with E-state index in [1.807, 2.05) is 36.4 Å². The molecule has 7 nitrogen and oxygen atoms in total. The lowest BCUT2D eigenvalue weighted by Crippen LogP contribution is -2.36. The highest BCUT2D eigenvalue weighted by Gasteiger charge is 2.39. The number of Topliss-reactive ketones (excluding diaryl/α,β-unsaturated/α-hetero) is 1. The highest BCUT2D eigenvalue weighted by atomic mass is 16.7. The van der Waals surface area contributed by atoms with Crippen LogP contribution in [0.4, 0.5) is 0 Å². The summed E-state index contributed by atoms with van der Waals surface area (Å²) >= 11 is 0. The van der Waals surface area contributed by atoms with Crippen molar-refractivity contribution in [2.24, 2.45) is 11.8 Å². The maximum Gasteiger partial charge on any atom is 0.303 e. The van der Waals surface area contributed by atoms with Crippen molar-refractivity contribution in [3.8, 4) is 5.75 Å². The van der Waals surface area contributed by atoms with Gasteiger partial charge in [0.05, 0.1) is 12.7 Å². The summed E-state index contributed by atoms with van der Waals surface area (Å²) in [5.41, 5.74) is 0.914. The molecule has 3 rings (SSSR count). The lowest BCUT2D eigenvalue weighted by atomic mass is 9.90. The monoisotopic (exact) mass is 416 g/mol. The number of unbranched alkanes of at least 4 members (excludes halogenated alkanes) is 1. The fraction of sp³-hybridized carbons (Fsp3) is 0.478. The smallest absolute Gasteiger partial charge is 0.303 e. The molecule has 7 heteroatoms. The Labute approximate surface area is 175 Å². The number of hydrogen-bond donors (Lipinski definition) is 3. The second-order valence-corrected chi connectivity index (χ2v) is 7.70. The number of carboxylic acids is 1. The number of hydrogen-bond acceptors (Lipinski definition) is 6. The number of para-hydroxylation sites is 1. The van der Waals surface area contributed by atoms with E-state index >= 15 is 0 Å². The molecule has 30 heavy (non-hydrogen) atoms. The molecule has 0 saturated heterocycles. The summed E-state index contributed by atoms with van der Waals surface area (Å²) in [4.78, 5) is 22.8. The molecule has 0 radical (unpaired) electrons. The number of carboxylic acid groups (broad SMARTS) is 1. The predicted octanol–water partition coefficient (Wildman–Crippen LogP) is 2.61. The Balaban J connectivity index is 1.55. The molecule has 1 fully saturated rings. The van der Waals surface area contributed by atoms with Crippen molar-refractivity contribution in [3.63, 3.8) is 0 Å².